The summed E-state index contributed by atoms with van der Waals surface area (Å²) in [6.07, 6.45) is 0. The zero-order chi connectivity index (χ0) is 11.5. The van der Waals surface area contributed by atoms with Gasteiger partial charge in [-0.05, 0) is 20.8 Å². The van der Waals surface area contributed by atoms with Crippen LogP contribution < -0.4 is 0 Å². The molecule has 86 valence electrons. The van der Waals surface area contributed by atoms with E-state index in [-0.39, 0.29) is 5.97 Å². The second-order valence-corrected chi connectivity index (χ2v) is 4.91. The second kappa shape index (κ2) is 4.90. The van der Waals surface area contributed by atoms with E-state index in [0.29, 0.717) is 0 Å². The monoisotopic (exact) mass is 230 g/mol. The Labute approximate surface area is 96.1 Å². The Balaban J connectivity index is 2.36. The molecule has 0 amide bonds. The summed E-state index contributed by atoms with van der Waals surface area (Å²) in [4.78, 5) is 18.9. The van der Waals surface area contributed by atoms with Crippen molar-refractivity contribution >= 4 is 23.7 Å². The smallest absolute Gasteiger partial charge is 0.330 e. The van der Waals surface area contributed by atoms with Crippen LogP contribution in [0.5, 0.6) is 0 Å². The molecule has 15 heavy (non-hydrogen) atoms. The van der Waals surface area contributed by atoms with Crippen LogP contribution in [0.4, 0.5) is 0 Å². The molecule has 0 unspecified atom stereocenters. The summed E-state index contributed by atoms with van der Waals surface area (Å²) in [7, 11) is 0. The van der Waals surface area contributed by atoms with E-state index in [1.165, 1.54) is 0 Å². The number of hydrogen-bond acceptors (Lipinski definition) is 4. The predicted octanol–water partition coefficient (Wildman–Crippen LogP) is 1.07. The number of rotatable bonds is 2. The van der Waals surface area contributed by atoms with Crippen LogP contribution in [-0.4, -0.2) is 47.6 Å². The molecular formula is C10H18N2O2S. The molecule has 0 N–H and O–H groups in total. The Hall–Kier alpha value is -0.680. The van der Waals surface area contributed by atoms with Gasteiger partial charge in [-0.15, -0.1) is 5.06 Å². The lowest BCUT2D eigenvalue weighted by Crippen LogP contribution is -2.47. The first-order chi connectivity index (χ1) is 6.93. The van der Waals surface area contributed by atoms with Crippen LogP contribution in [0, 0.1) is 5.41 Å². The SMILES string of the molecule is CC(C)(C)C(=O)ON1CCN(C=S)CC1. The molecule has 1 saturated heterocycles. The molecule has 0 aliphatic carbocycles. The third-order valence-corrected chi connectivity index (χ3v) is 2.54. The standard InChI is InChI=1S/C10H18N2O2S/c1-10(2,3)9(13)14-12-6-4-11(8-15)5-7-12/h8H,4-7H2,1-3H3. The average Bonchev–Trinajstić information content (AvgIpc) is 2.17. The molecule has 0 aromatic carbocycles. The van der Waals surface area contributed by atoms with Crippen LogP contribution >= 0.6 is 12.2 Å². The fraction of sp³-hybridized carbons (Fsp3) is 0.800. The largest absolute Gasteiger partial charge is 0.367 e. The maximum absolute atomic E-state index is 11.6. The van der Waals surface area contributed by atoms with Gasteiger partial charge in [0.25, 0.3) is 0 Å². The third kappa shape index (κ3) is 3.76. The van der Waals surface area contributed by atoms with Crippen LogP contribution in [0.15, 0.2) is 0 Å². The van der Waals surface area contributed by atoms with Crippen molar-refractivity contribution in [3.05, 3.63) is 0 Å². The van der Waals surface area contributed by atoms with E-state index in [9.17, 15) is 4.79 Å². The number of thiocarbonyl (C=S) groups is 1. The van der Waals surface area contributed by atoms with Crippen LogP contribution in [0.2, 0.25) is 0 Å². The maximum Gasteiger partial charge on any atom is 0.330 e. The number of hydroxylamine groups is 2. The van der Waals surface area contributed by atoms with Crippen LogP contribution in [-0.2, 0) is 9.63 Å². The molecule has 0 radical (unpaired) electrons. The topological polar surface area (TPSA) is 32.8 Å². The zero-order valence-electron chi connectivity index (χ0n) is 9.52. The highest BCUT2D eigenvalue weighted by atomic mass is 32.1. The minimum absolute atomic E-state index is 0.182. The minimum Gasteiger partial charge on any atom is -0.367 e. The van der Waals surface area contributed by atoms with Crippen molar-refractivity contribution in [2.45, 2.75) is 20.8 Å². The van der Waals surface area contributed by atoms with Crippen LogP contribution in [0.3, 0.4) is 0 Å². The van der Waals surface area contributed by atoms with E-state index in [2.05, 4.69) is 0 Å². The van der Waals surface area contributed by atoms with Gasteiger partial charge in [0.2, 0.25) is 0 Å². The fourth-order valence-electron chi connectivity index (χ4n) is 1.15. The third-order valence-electron chi connectivity index (χ3n) is 2.25. The van der Waals surface area contributed by atoms with Gasteiger partial charge in [-0.1, -0.05) is 12.2 Å². The highest BCUT2D eigenvalue weighted by Gasteiger charge is 2.27. The normalized spacial score (nSPS) is 18.7. The molecule has 1 fully saturated rings. The van der Waals surface area contributed by atoms with E-state index in [1.807, 2.05) is 25.7 Å². The first kappa shape index (κ1) is 12.4. The minimum atomic E-state index is -0.443. The Bertz CT molecular complexity index is 242. The molecule has 0 aromatic rings. The van der Waals surface area contributed by atoms with E-state index in [4.69, 9.17) is 17.1 Å². The lowest BCUT2D eigenvalue weighted by molar-refractivity contribution is -0.205. The zero-order valence-corrected chi connectivity index (χ0v) is 10.3. The summed E-state index contributed by atoms with van der Waals surface area (Å²) in [6, 6.07) is 0. The fourth-order valence-corrected chi connectivity index (χ4v) is 1.37. The Morgan fingerprint density at radius 3 is 2.20 bits per heavy atom. The van der Waals surface area contributed by atoms with Crippen LogP contribution in [0.1, 0.15) is 20.8 Å². The first-order valence-corrected chi connectivity index (χ1v) is 5.57. The summed E-state index contributed by atoms with van der Waals surface area (Å²) < 4.78 is 0. The summed E-state index contributed by atoms with van der Waals surface area (Å²) in [5, 5.41) is 1.71. The summed E-state index contributed by atoms with van der Waals surface area (Å²) in [5.41, 5.74) is 1.21. The van der Waals surface area contributed by atoms with Gasteiger partial charge in [0, 0.05) is 13.1 Å². The van der Waals surface area contributed by atoms with Gasteiger partial charge in [0.05, 0.1) is 24.0 Å². The van der Waals surface area contributed by atoms with Crippen molar-refractivity contribution in [3.8, 4) is 0 Å². The van der Waals surface area contributed by atoms with E-state index >= 15 is 0 Å². The molecule has 0 bridgehead atoms. The summed E-state index contributed by atoms with van der Waals surface area (Å²) in [5.74, 6) is -0.182. The van der Waals surface area contributed by atoms with Gasteiger partial charge in [-0.25, -0.2) is 4.79 Å². The number of carbonyl (C=O) groups is 1. The van der Waals surface area contributed by atoms with E-state index in [1.54, 1.807) is 10.6 Å². The highest BCUT2D eigenvalue weighted by Crippen LogP contribution is 2.16. The van der Waals surface area contributed by atoms with Gasteiger partial charge < -0.3 is 9.74 Å². The Morgan fingerprint density at radius 2 is 1.80 bits per heavy atom. The molecule has 1 heterocycles. The average molecular weight is 230 g/mol. The Morgan fingerprint density at radius 1 is 1.27 bits per heavy atom. The Kier molecular flexibility index (Phi) is 4.04. The van der Waals surface area contributed by atoms with Gasteiger partial charge in [-0.2, -0.15) is 0 Å². The maximum atomic E-state index is 11.6. The molecule has 0 aromatic heterocycles. The van der Waals surface area contributed by atoms with E-state index < -0.39 is 5.41 Å². The number of nitrogens with zero attached hydrogens (tertiary/aromatic N) is 2. The van der Waals surface area contributed by atoms with Crippen molar-refractivity contribution in [1.29, 1.82) is 0 Å². The summed E-state index contributed by atoms with van der Waals surface area (Å²) >= 11 is 4.83. The number of piperazine rings is 1. The van der Waals surface area contributed by atoms with Crippen molar-refractivity contribution in [1.82, 2.24) is 9.96 Å². The van der Waals surface area contributed by atoms with Crippen molar-refractivity contribution < 1.29 is 9.63 Å². The molecule has 0 saturated carbocycles. The van der Waals surface area contributed by atoms with Gasteiger partial charge >= 0.3 is 5.97 Å². The van der Waals surface area contributed by atoms with Crippen molar-refractivity contribution in [2.24, 2.45) is 5.41 Å². The quantitative estimate of drug-likeness (QED) is 0.663. The summed E-state index contributed by atoms with van der Waals surface area (Å²) in [6.45, 7) is 8.62. The van der Waals surface area contributed by atoms with Crippen molar-refractivity contribution in [2.75, 3.05) is 26.2 Å². The molecule has 1 aliphatic heterocycles. The van der Waals surface area contributed by atoms with Gasteiger partial charge in [0.15, 0.2) is 0 Å². The lowest BCUT2D eigenvalue weighted by atomic mass is 9.98. The van der Waals surface area contributed by atoms with Gasteiger partial charge in [-0.3, -0.25) is 0 Å². The molecule has 0 atom stereocenters. The molecule has 5 heteroatoms. The van der Waals surface area contributed by atoms with Crippen LogP contribution in [0.25, 0.3) is 0 Å². The van der Waals surface area contributed by atoms with E-state index in [0.717, 1.165) is 26.2 Å². The second-order valence-electron chi connectivity index (χ2n) is 4.70. The van der Waals surface area contributed by atoms with Crippen molar-refractivity contribution in [3.63, 3.8) is 0 Å². The molecule has 1 aliphatic rings. The highest BCUT2D eigenvalue weighted by molar-refractivity contribution is 7.78. The van der Waals surface area contributed by atoms with Gasteiger partial charge in [0.1, 0.15) is 0 Å². The molecule has 1 rings (SSSR count). The predicted molar refractivity (Wildman–Crippen MR) is 62.3 cm³/mol. The number of hydrogen-bond donors (Lipinski definition) is 0. The first-order valence-electron chi connectivity index (χ1n) is 5.10. The molecular weight excluding hydrogens is 212 g/mol. The molecule has 4 nitrogen and oxygen atoms in total. The lowest BCUT2D eigenvalue weighted by Gasteiger charge is -2.33. The number of carbonyl (C=O) groups excluding carboxylic acids is 1. The molecule has 0 spiro atoms.